The summed E-state index contributed by atoms with van der Waals surface area (Å²) in [5.41, 5.74) is 2.79. The van der Waals surface area contributed by atoms with Crippen LogP contribution in [-0.4, -0.2) is 16.5 Å². The number of ketones is 1. The van der Waals surface area contributed by atoms with Crippen molar-refractivity contribution in [3.05, 3.63) is 60.7 Å². The molecule has 3 aromatic rings. The Labute approximate surface area is 146 Å². The number of rotatable bonds is 6. The lowest BCUT2D eigenvalue weighted by Gasteiger charge is -2.01. The van der Waals surface area contributed by atoms with Crippen LogP contribution in [0.5, 0.6) is 0 Å². The fourth-order valence-corrected chi connectivity index (χ4v) is 3.14. The molecule has 1 heterocycles. The summed E-state index contributed by atoms with van der Waals surface area (Å²) in [6, 6.07) is 19.9. The lowest BCUT2D eigenvalue weighted by molar-refractivity contribution is -0.119. The van der Waals surface area contributed by atoms with Gasteiger partial charge in [0.25, 0.3) is 5.22 Å². The van der Waals surface area contributed by atoms with Gasteiger partial charge in [-0.2, -0.15) is 0 Å². The van der Waals surface area contributed by atoms with Crippen LogP contribution >= 0.6 is 11.8 Å². The van der Waals surface area contributed by atoms with E-state index in [9.17, 15) is 4.79 Å². The average molecular weight is 337 g/mol. The zero-order valence-electron chi connectivity index (χ0n) is 13.7. The molecule has 0 amide bonds. The van der Waals surface area contributed by atoms with Crippen LogP contribution in [0.1, 0.15) is 13.8 Å². The number of benzene rings is 2. The number of Topliss-reactive ketones (excluding diaryl/α,β-unsaturated/α-hetero) is 1. The minimum absolute atomic E-state index is 0.0228. The van der Waals surface area contributed by atoms with Gasteiger partial charge in [0.1, 0.15) is 11.5 Å². The highest BCUT2D eigenvalue weighted by Crippen LogP contribution is 2.35. The Morgan fingerprint density at radius 1 is 1.00 bits per heavy atom. The van der Waals surface area contributed by atoms with Crippen LogP contribution < -0.4 is 0 Å². The second kappa shape index (κ2) is 7.49. The van der Waals surface area contributed by atoms with Gasteiger partial charge in [0.15, 0.2) is 5.76 Å². The maximum Gasteiger partial charge on any atom is 0.257 e. The molecule has 0 saturated heterocycles. The molecule has 0 bridgehead atoms. The minimum atomic E-state index is 0.0228. The zero-order chi connectivity index (χ0) is 16.9. The summed E-state index contributed by atoms with van der Waals surface area (Å²) in [6.07, 6.45) is 0. The van der Waals surface area contributed by atoms with Crippen molar-refractivity contribution in [1.29, 1.82) is 0 Å². The summed E-state index contributed by atoms with van der Waals surface area (Å²) in [5, 5.41) is 0.529. The van der Waals surface area contributed by atoms with Crippen LogP contribution in [0.3, 0.4) is 0 Å². The number of hydrogen-bond donors (Lipinski definition) is 0. The van der Waals surface area contributed by atoms with Crippen molar-refractivity contribution < 1.29 is 9.21 Å². The van der Waals surface area contributed by atoms with E-state index < -0.39 is 0 Å². The standard InChI is InChI=1S/C20H19NO2S/c1-14(2)17(22)13-24-20-21-18(15-9-5-3-6-10-15)19(23-20)16-11-7-4-8-12-16/h3-12,14H,13H2,1-2H3. The van der Waals surface area contributed by atoms with Crippen molar-refractivity contribution in [2.45, 2.75) is 19.1 Å². The van der Waals surface area contributed by atoms with Crippen molar-refractivity contribution in [2.24, 2.45) is 5.92 Å². The SMILES string of the molecule is CC(C)C(=O)CSc1nc(-c2ccccc2)c(-c2ccccc2)o1. The van der Waals surface area contributed by atoms with Crippen molar-refractivity contribution in [3.8, 4) is 22.6 Å². The molecule has 0 unspecified atom stereocenters. The molecule has 0 fully saturated rings. The Morgan fingerprint density at radius 2 is 1.58 bits per heavy atom. The van der Waals surface area contributed by atoms with Crippen LogP contribution in [0, 0.1) is 5.92 Å². The van der Waals surface area contributed by atoms with Gasteiger partial charge in [-0.1, -0.05) is 86.3 Å². The highest BCUT2D eigenvalue weighted by atomic mass is 32.2. The third kappa shape index (κ3) is 3.77. The highest BCUT2D eigenvalue weighted by Gasteiger charge is 2.18. The van der Waals surface area contributed by atoms with E-state index >= 15 is 0 Å². The summed E-state index contributed by atoms with van der Waals surface area (Å²) in [5.74, 6) is 1.33. The fourth-order valence-electron chi connectivity index (χ4n) is 2.24. The van der Waals surface area contributed by atoms with Crippen LogP contribution in [0.4, 0.5) is 0 Å². The van der Waals surface area contributed by atoms with Crippen molar-refractivity contribution in [3.63, 3.8) is 0 Å². The molecule has 1 aromatic heterocycles. The number of nitrogens with zero attached hydrogens (tertiary/aromatic N) is 1. The Hall–Kier alpha value is -2.33. The lowest BCUT2D eigenvalue weighted by atomic mass is 10.1. The van der Waals surface area contributed by atoms with Crippen molar-refractivity contribution in [2.75, 3.05) is 5.75 Å². The van der Waals surface area contributed by atoms with E-state index in [1.54, 1.807) is 0 Å². The maximum absolute atomic E-state index is 11.9. The molecule has 0 aliphatic heterocycles. The zero-order valence-corrected chi connectivity index (χ0v) is 14.5. The van der Waals surface area contributed by atoms with Gasteiger partial charge < -0.3 is 4.42 Å². The molecular weight excluding hydrogens is 318 g/mol. The molecule has 0 radical (unpaired) electrons. The van der Waals surface area contributed by atoms with Gasteiger partial charge in [-0.3, -0.25) is 4.79 Å². The topological polar surface area (TPSA) is 43.1 Å². The molecule has 3 nitrogen and oxygen atoms in total. The average Bonchev–Trinajstić information content (AvgIpc) is 3.05. The molecule has 122 valence electrons. The number of hydrogen-bond acceptors (Lipinski definition) is 4. The predicted octanol–water partition coefficient (Wildman–Crippen LogP) is 5.33. The molecule has 3 rings (SSSR count). The smallest absolute Gasteiger partial charge is 0.257 e. The van der Waals surface area contributed by atoms with Crippen LogP contribution in [0.2, 0.25) is 0 Å². The third-order valence-corrected chi connectivity index (χ3v) is 4.52. The number of carbonyl (C=O) groups excluding carboxylic acids is 1. The quantitative estimate of drug-likeness (QED) is 0.571. The first-order chi connectivity index (χ1) is 11.6. The van der Waals surface area contributed by atoms with Gasteiger partial charge in [0, 0.05) is 17.0 Å². The summed E-state index contributed by atoms with van der Waals surface area (Å²) < 4.78 is 5.99. The van der Waals surface area contributed by atoms with E-state index in [1.807, 2.05) is 74.5 Å². The summed E-state index contributed by atoms with van der Waals surface area (Å²) in [7, 11) is 0. The van der Waals surface area contributed by atoms with E-state index in [4.69, 9.17) is 4.42 Å². The first-order valence-corrected chi connectivity index (χ1v) is 8.91. The Morgan fingerprint density at radius 3 is 2.17 bits per heavy atom. The van der Waals surface area contributed by atoms with E-state index in [0.29, 0.717) is 11.0 Å². The number of oxazole rings is 1. The van der Waals surface area contributed by atoms with Crippen LogP contribution in [-0.2, 0) is 4.79 Å². The minimum Gasteiger partial charge on any atom is -0.431 e. The third-order valence-electron chi connectivity index (χ3n) is 3.67. The lowest BCUT2D eigenvalue weighted by Crippen LogP contribution is -2.09. The second-order valence-corrected chi connectivity index (χ2v) is 6.73. The van der Waals surface area contributed by atoms with Crippen LogP contribution in [0.15, 0.2) is 70.3 Å². The first kappa shape index (κ1) is 16.5. The van der Waals surface area contributed by atoms with E-state index in [2.05, 4.69) is 4.98 Å². The summed E-state index contributed by atoms with van der Waals surface area (Å²) >= 11 is 1.35. The fraction of sp³-hybridized carbons (Fsp3) is 0.200. The van der Waals surface area contributed by atoms with E-state index in [-0.39, 0.29) is 11.7 Å². The number of carbonyl (C=O) groups is 1. The largest absolute Gasteiger partial charge is 0.431 e. The van der Waals surface area contributed by atoms with Gasteiger partial charge in [0.2, 0.25) is 0 Å². The molecule has 0 spiro atoms. The molecule has 24 heavy (non-hydrogen) atoms. The molecule has 0 aliphatic carbocycles. The molecule has 0 N–H and O–H groups in total. The van der Waals surface area contributed by atoms with Gasteiger partial charge in [-0.25, -0.2) is 4.98 Å². The number of aromatic nitrogens is 1. The van der Waals surface area contributed by atoms with E-state index in [1.165, 1.54) is 11.8 Å². The van der Waals surface area contributed by atoms with Gasteiger partial charge in [-0.15, -0.1) is 0 Å². The summed E-state index contributed by atoms with van der Waals surface area (Å²) in [6.45, 7) is 3.81. The Balaban J connectivity index is 1.96. The van der Waals surface area contributed by atoms with Crippen LogP contribution in [0.25, 0.3) is 22.6 Å². The van der Waals surface area contributed by atoms with Crippen molar-refractivity contribution in [1.82, 2.24) is 4.98 Å². The van der Waals surface area contributed by atoms with Gasteiger partial charge in [-0.05, 0) is 0 Å². The highest BCUT2D eigenvalue weighted by molar-refractivity contribution is 7.99. The second-order valence-electron chi connectivity index (χ2n) is 5.80. The maximum atomic E-state index is 11.9. The first-order valence-electron chi connectivity index (χ1n) is 7.92. The predicted molar refractivity (Wildman–Crippen MR) is 97.9 cm³/mol. The molecular formula is C20H19NO2S. The number of thioether (sulfide) groups is 1. The monoisotopic (exact) mass is 337 g/mol. The molecule has 2 aromatic carbocycles. The van der Waals surface area contributed by atoms with Gasteiger partial charge in [0.05, 0.1) is 5.75 Å². The Kier molecular flexibility index (Phi) is 5.16. The Bertz CT molecular complexity index is 753. The normalized spacial score (nSPS) is 11.0. The molecule has 0 saturated carbocycles. The molecule has 4 heteroatoms. The van der Waals surface area contributed by atoms with E-state index in [0.717, 1.165) is 22.6 Å². The van der Waals surface area contributed by atoms with Crippen molar-refractivity contribution >= 4 is 17.5 Å². The molecule has 0 atom stereocenters. The summed E-state index contributed by atoms with van der Waals surface area (Å²) in [4.78, 5) is 16.5. The molecule has 0 aliphatic rings. The van der Waals surface area contributed by atoms with Gasteiger partial charge >= 0.3 is 0 Å².